The maximum atomic E-state index is 9.57. The van der Waals surface area contributed by atoms with Crippen molar-refractivity contribution >= 4 is 34.3 Å². The summed E-state index contributed by atoms with van der Waals surface area (Å²) >= 11 is 0. The Balaban J connectivity index is 1.18. The van der Waals surface area contributed by atoms with Crippen LogP contribution in [0.2, 0.25) is 0 Å². The van der Waals surface area contributed by atoms with Crippen LogP contribution in [0.3, 0.4) is 0 Å². The first-order valence-electron chi connectivity index (χ1n) is 18.9. The molecule has 4 heterocycles. The fraction of sp³-hybridized carbons (Fsp3) is 0.425. The largest absolute Gasteiger partial charge is 0.488 e. The number of aromatic nitrogens is 5. The molecule has 15 nitrogen and oxygen atoms in total. The second-order valence-electron chi connectivity index (χ2n) is 13.5. The van der Waals surface area contributed by atoms with Crippen LogP contribution in [0.15, 0.2) is 55.0 Å². The topological polar surface area (TPSA) is 218 Å². The molecule has 2 atom stereocenters. The molecule has 15 heteroatoms. The number of hydrogen-bond donors (Lipinski definition) is 6. The van der Waals surface area contributed by atoms with Crippen molar-refractivity contribution < 1.29 is 29.2 Å². The van der Waals surface area contributed by atoms with Crippen LogP contribution in [0.4, 0.5) is 23.5 Å². The summed E-state index contributed by atoms with van der Waals surface area (Å²) in [6, 6.07) is 12.4. The first-order chi connectivity index (χ1) is 26.9. The van der Waals surface area contributed by atoms with E-state index in [4.69, 9.17) is 30.4 Å². The molecule has 0 spiro atoms. The first kappa shape index (κ1) is 39.0. The van der Waals surface area contributed by atoms with Gasteiger partial charge < -0.3 is 51.3 Å². The summed E-state index contributed by atoms with van der Waals surface area (Å²) in [6.45, 7) is 5.05. The van der Waals surface area contributed by atoms with E-state index in [1.807, 2.05) is 12.1 Å². The number of aryl methyl sites for hydroxylation is 1. The molecule has 0 fully saturated rings. The summed E-state index contributed by atoms with van der Waals surface area (Å²) in [7, 11) is 0. The Morgan fingerprint density at radius 2 is 1.47 bits per heavy atom. The van der Waals surface area contributed by atoms with E-state index >= 15 is 0 Å². The molecule has 0 unspecified atom stereocenters. The van der Waals surface area contributed by atoms with Gasteiger partial charge in [-0.2, -0.15) is 9.97 Å². The van der Waals surface area contributed by atoms with Crippen molar-refractivity contribution in [2.75, 3.05) is 48.7 Å². The lowest BCUT2D eigenvalue weighted by Gasteiger charge is -2.20. The summed E-state index contributed by atoms with van der Waals surface area (Å²) in [5.41, 5.74) is 15.5. The lowest BCUT2D eigenvalue weighted by molar-refractivity contribution is 0.174. The molecule has 1 aliphatic heterocycles. The molecule has 2 aromatic carbocycles. The second-order valence-corrected chi connectivity index (χ2v) is 13.5. The first-order valence-corrected chi connectivity index (χ1v) is 18.9. The highest BCUT2D eigenvalue weighted by molar-refractivity contribution is 5.90. The van der Waals surface area contributed by atoms with Gasteiger partial charge in [-0.1, -0.05) is 38.8 Å². The minimum atomic E-state index is 0.0101. The summed E-state index contributed by atoms with van der Waals surface area (Å²) < 4.78 is 24.3. The summed E-state index contributed by atoms with van der Waals surface area (Å²) in [4.78, 5) is 21.7. The highest BCUT2D eigenvalue weighted by Crippen LogP contribution is 2.43. The molecule has 0 saturated heterocycles. The van der Waals surface area contributed by atoms with Gasteiger partial charge in [0, 0.05) is 42.4 Å². The minimum Gasteiger partial charge on any atom is -0.488 e. The molecule has 5 aromatic rings. The van der Waals surface area contributed by atoms with Crippen molar-refractivity contribution in [3.63, 3.8) is 0 Å². The normalized spacial score (nSPS) is 13.1. The molecular formula is C40H51N9O6. The van der Waals surface area contributed by atoms with Crippen LogP contribution >= 0.6 is 0 Å². The van der Waals surface area contributed by atoms with Crippen molar-refractivity contribution in [3.8, 4) is 34.1 Å². The minimum absolute atomic E-state index is 0.0101. The predicted molar refractivity (Wildman–Crippen MR) is 212 cm³/mol. The summed E-state index contributed by atoms with van der Waals surface area (Å²) in [5, 5.41) is 27.8. The molecular weight excluding hydrogens is 702 g/mol. The van der Waals surface area contributed by atoms with Gasteiger partial charge in [0.1, 0.15) is 6.61 Å². The van der Waals surface area contributed by atoms with Crippen LogP contribution in [0.25, 0.3) is 21.9 Å². The number of nitrogens with two attached hydrogens (primary N) is 2. The van der Waals surface area contributed by atoms with Gasteiger partial charge >= 0.3 is 0 Å². The van der Waals surface area contributed by atoms with Gasteiger partial charge in [0.05, 0.1) is 24.7 Å². The number of pyridine rings is 1. The lowest BCUT2D eigenvalue weighted by atomic mass is 9.96. The molecule has 0 aliphatic carbocycles. The van der Waals surface area contributed by atoms with Crippen LogP contribution in [-0.4, -0.2) is 73.8 Å². The SMILES string of the molecule is CCC[C@@H](CCO)Nc1nc(N)ncc1OCCCc1cc2c(c(-c3ccc4ccnc(COc5cnc(N)nc5N[C@@H](CCC)CCO)c4c3)c1)OCO2. The van der Waals surface area contributed by atoms with E-state index in [2.05, 4.69) is 73.7 Å². The van der Waals surface area contributed by atoms with Gasteiger partial charge in [-0.3, -0.25) is 4.98 Å². The zero-order chi connectivity index (χ0) is 38.6. The Labute approximate surface area is 320 Å². The lowest BCUT2D eigenvalue weighted by Crippen LogP contribution is -2.22. The van der Waals surface area contributed by atoms with E-state index in [-0.39, 0.29) is 50.6 Å². The van der Waals surface area contributed by atoms with Gasteiger partial charge in [-0.05, 0) is 79.3 Å². The van der Waals surface area contributed by atoms with Gasteiger partial charge in [0.25, 0.3) is 0 Å². The fourth-order valence-electron chi connectivity index (χ4n) is 6.70. The number of anilines is 4. The average Bonchev–Trinajstić information content (AvgIpc) is 3.66. The van der Waals surface area contributed by atoms with Crippen LogP contribution < -0.4 is 41.0 Å². The van der Waals surface area contributed by atoms with Crippen LogP contribution in [0, 0.1) is 0 Å². The van der Waals surface area contributed by atoms with E-state index in [9.17, 15) is 10.2 Å². The zero-order valence-corrected chi connectivity index (χ0v) is 31.5. The number of aliphatic hydroxyl groups excluding tert-OH is 2. The third kappa shape index (κ3) is 10.1. The van der Waals surface area contributed by atoms with E-state index in [0.29, 0.717) is 60.5 Å². The molecule has 6 rings (SSSR count). The molecule has 0 saturated carbocycles. The smallest absolute Gasteiger partial charge is 0.231 e. The number of nitrogens with zero attached hydrogens (tertiary/aromatic N) is 5. The Bertz CT molecular complexity index is 2020. The number of rotatable bonds is 21. The number of hydrogen-bond acceptors (Lipinski definition) is 15. The number of nitrogen functional groups attached to an aromatic ring is 2. The van der Waals surface area contributed by atoms with E-state index in [0.717, 1.165) is 65.3 Å². The second kappa shape index (κ2) is 19.1. The maximum absolute atomic E-state index is 9.57. The number of aliphatic hydroxyl groups is 2. The van der Waals surface area contributed by atoms with Gasteiger partial charge in [-0.25, -0.2) is 9.97 Å². The maximum Gasteiger partial charge on any atom is 0.231 e. The Morgan fingerprint density at radius 3 is 2.13 bits per heavy atom. The molecule has 292 valence electrons. The molecule has 3 aromatic heterocycles. The van der Waals surface area contributed by atoms with Crippen LogP contribution in [0.5, 0.6) is 23.0 Å². The summed E-state index contributed by atoms with van der Waals surface area (Å²) in [5.74, 6) is 3.64. The highest BCUT2D eigenvalue weighted by Gasteiger charge is 2.22. The van der Waals surface area contributed by atoms with Crippen molar-refractivity contribution in [3.05, 3.63) is 66.2 Å². The molecule has 8 N–H and O–H groups in total. The quantitative estimate of drug-likeness (QED) is 0.0481. The standard InChI is InChI=1S/C40H51N9O6/c1-3-6-28(12-15-50)46-37-34(21-44-39(41)48-37)52-17-5-8-25-18-31(36-33(19-25)54-24-55-36)27-10-9-26-11-14-43-32(30(26)20-27)23-53-35-22-45-40(42)49-38(35)47-29(7-4-2)13-16-51/h9-11,14,18-22,28-29,50-51H,3-8,12-13,15-17,23-24H2,1-2H3,(H3,41,44,46,48)(H3,42,45,47,49)/t28-,29-/m0/s1. The Morgan fingerprint density at radius 1 is 0.800 bits per heavy atom. The number of benzene rings is 2. The van der Waals surface area contributed by atoms with Gasteiger partial charge in [0.15, 0.2) is 34.6 Å². The predicted octanol–water partition coefficient (Wildman–Crippen LogP) is 5.89. The fourth-order valence-corrected chi connectivity index (χ4v) is 6.70. The average molecular weight is 754 g/mol. The van der Waals surface area contributed by atoms with Crippen molar-refractivity contribution in [2.45, 2.75) is 83.9 Å². The van der Waals surface area contributed by atoms with E-state index in [1.165, 1.54) is 0 Å². The monoisotopic (exact) mass is 753 g/mol. The third-order valence-electron chi connectivity index (χ3n) is 9.38. The van der Waals surface area contributed by atoms with Crippen LogP contribution in [-0.2, 0) is 13.0 Å². The molecule has 0 radical (unpaired) electrons. The molecule has 1 aliphatic rings. The number of fused-ring (bicyclic) bond motifs is 2. The van der Waals surface area contributed by atoms with Crippen LogP contribution in [0.1, 0.15) is 70.1 Å². The van der Waals surface area contributed by atoms with Gasteiger partial charge in [-0.15, -0.1) is 0 Å². The highest BCUT2D eigenvalue weighted by atomic mass is 16.7. The Kier molecular flexibility index (Phi) is 13.5. The van der Waals surface area contributed by atoms with Crippen molar-refractivity contribution in [1.82, 2.24) is 24.9 Å². The van der Waals surface area contributed by atoms with E-state index in [1.54, 1.807) is 18.6 Å². The van der Waals surface area contributed by atoms with Crippen molar-refractivity contribution in [1.29, 1.82) is 0 Å². The number of nitrogens with one attached hydrogen (secondary N) is 2. The van der Waals surface area contributed by atoms with Gasteiger partial charge in [0.2, 0.25) is 18.7 Å². The number of ether oxygens (including phenoxy) is 4. The molecule has 0 amide bonds. The Hall–Kier alpha value is -5.67. The summed E-state index contributed by atoms with van der Waals surface area (Å²) in [6.07, 6.45) is 11.1. The molecule has 55 heavy (non-hydrogen) atoms. The molecule has 0 bridgehead atoms. The van der Waals surface area contributed by atoms with Crippen molar-refractivity contribution in [2.24, 2.45) is 0 Å². The third-order valence-corrected chi connectivity index (χ3v) is 9.38. The van der Waals surface area contributed by atoms with E-state index < -0.39 is 0 Å². The zero-order valence-electron chi connectivity index (χ0n) is 31.5.